The van der Waals surface area contributed by atoms with E-state index < -0.39 is 0 Å². The van der Waals surface area contributed by atoms with E-state index in [0.29, 0.717) is 0 Å². The summed E-state index contributed by atoms with van der Waals surface area (Å²) >= 11 is 0. The maximum Gasteiger partial charge on any atom is -0.0173 e. The lowest BCUT2D eigenvalue weighted by Crippen LogP contribution is -2.28. The fraction of sp³-hybridized carbons (Fsp3) is 0.857. The van der Waals surface area contributed by atoms with Gasteiger partial charge in [-0.15, -0.1) is 0 Å². The van der Waals surface area contributed by atoms with Crippen LogP contribution in [0.15, 0.2) is 12.2 Å². The lowest BCUT2D eigenvalue weighted by atomic mass is 9.67. The summed E-state index contributed by atoms with van der Waals surface area (Å²) in [4.78, 5) is 0. The van der Waals surface area contributed by atoms with E-state index in [4.69, 9.17) is 0 Å². The van der Waals surface area contributed by atoms with E-state index in [1.807, 2.05) is 0 Å². The molecule has 1 rings (SSSR count). The molecule has 0 saturated heterocycles. The van der Waals surface area contributed by atoms with Crippen molar-refractivity contribution < 1.29 is 0 Å². The van der Waals surface area contributed by atoms with Crippen LogP contribution in [-0.2, 0) is 0 Å². The topological polar surface area (TPSA) is 0 Å². The Kier molecular flexibility index (Phi) is 4.22. The summed E-state index contributed by atoms with van der Waals surface area (Å²) in [6.45, 7) is 13.7. The molecule has 0 aromatic carbocycles. The molecular formula is C14H26. The van der Waals surface area contributed by atoms with Crippen LogP contribution in [-0.4, -0.2) is 0 Å². The van der Waals surface area contributed by atoms with Gasteiger partial charge in [0.15, 0.2) is 0 Å². The summed E-state index contributed by atoms with van der Waals surface area (Å²) in [6.07, 6.45) is 5.40. The van der Waals surface area contributed by atoms with Crippen molar-refractivity contribution in [1.29, 1.82) is 0 Å². The molecule has 1 saturated carbocycles. The third-order valence-electron chi connectivity index (χ3n) is 4.00. The van der Waals surface area contributed by atoms with Crippen LogP contribution in [0.25, 0.3) is 0 Å². The molecule has 0 amide bonds. The molecule has 3 atom stereocenters. The third-order valence-corrected chi connectivity index (χ3v) is 4.00. The van der Waals surface area contributed by atoms with Crippen LogP contribution in [0, 0.1) is 23.7 Å². The minimum absolute atomic E-state index is 0.809. The first-order valence-corrected chi connectivity index (χ1v) is 6.23. The van der Waals surface area contributed by atoms with Crippen LogP contribution in [0.3, 0.4) is 0 Å². The molecule has 1 aliphatic carbocycles. The molecule has 0 aliphatic heterocycles. The smallest absolute Gasteiger partial charge is 0.0173 e. The summed E-state index contributed by atoms with van der Waals surface area (Å²) in [7, 11) is 0. The minimum atomic E-state index is 0.809. The van der Waals surface area contributed by atoms with Gasteiger partial charge in [0.05, 0.1) is 0 Å². The Morgan fingerprint density at radius 3 is 2.50 bits per heavy atom. The highest BCUT2D eigenvalue weighted by Gasteiger charge is 2.31. The SMILES string of the molecule is C=C(CC)C1CC(C)CCC1C(C)C. The first kappa shape index (κ1) is 11.8. The van der Waals surface area contributed by atoms with Gasteiger partial charge in [-0.1, -0.05) is 46.3 Å². The number of rotatable bonds is 3. The second-order valence-corrected chi connectivity index (χ2v) is 5.44. The van der Waals surface area contributed by atoms with Gasteiger partial charge in [0, 0.05) is 0 Å². The molecule has 0 bridgehead atoms. The fourth-order valence-electron chi connectivity index (χ4n) is 2.93. The van der Waals surface area contributed by atoms with E-state index in [1.165, 1.54) is 31.3 Å². The summed E-state index contributed by atoms with van der Waals surface area (Å²) in [5.74, 6) is 3.46. The standard InChI is InChI=1S/C14H26/c1-6-12(5)14-9-11(4)7-8-13(14)10(2)3/h10-11,13-14H,5-9H2,1-4H3. The van der Waals surface area contributed by atoms with Crippen molar-refractivity contribution >= 4 is 0 Å². The van der Waals surface area contributed by atoms with Crippen molar-refractivity contribution in [2.75, 3.05) is 0 Å². The van der Waals surface area contributed by atoms with Crippen molar-refractivity contribution in [2.45, 2.75) is 53.4 Å². The van der Waals surface area contributed by atoms with E-state index in [-0.39, 0.29) is 0 Å². The minimum Gasteiger partial charge on any atom is -0.0996 e. The van der Waals surface area contributed by atoms with Crippen LogP contribution in [0.2, 0.25) is 0 Å². The van der Waals surface area contributed by atoms with Gasteiger partial charge in [0.25, 0.3) is 0 Å². The van der Waals surface area contributed by atoms with Gasteiger partial charge in [-0.3, -0.25) is 0 Å². The molecule has 0 spiro atoms. The Labute approximate surface area is 89.8 Å². The van der Waals surface area contributed by atoms with E-state index in [0.717, 1.165) is 23.7 Å². The summed E-state index contributed by atoms with van der Waals surface area (Å²) in [5, 5.41) is 0. The zero-order chi connectivity index (χ0) is 10.7. The lowest BCUT2D eigenvalue weighted by molar-refractivity contribution is 0.168. The largest absolute Gasteiger partial charge is 0.0996 e. The zero-order valence-electron chi connectivity index (χ0n) is 10.3. The molecule has 82 valence electrons. The van der Waals surface area contributed by atoms with Gasteiger partial charge in [0.1, 0.15) is 0 Å². The highest BCUT2D eigenvalue weighted by Crippen LogP contribution is 2.41. The highest BCUT2D eigenvalue weighted by molar-refractivity contribution is 5.04. The molecule has 0 aromatic heterocycles. The molecule has 3 unspecified atom stereocenters. The van der Waals surface area contributed by atoms with Crippen LogP contribution < -0.4 is 0 Å². The van der Waals surface area contributed by atoms with Gasteiger partial charge >= 0.3 is 0 Å². The normalized spacial score (nSPS) is 33.4. The Balaban J connectivity index is 2.68. The Bertz CT molecular complexity index is 190. The molecular weight excluding hydrogens is 168 g/mol. The summed E-state index contributed by atoms with van der Waals surface area (Å²) < 4.78 is 0. The lowest BCUT2D eigenvalue weighted by Gasteiger charge is -2.38. The van der Waals surface area contributed by atoms with Crippen molar-refractivity contribution in [1.82, 2.24) is 0 Å². The average Bonchev–Trinajstić information content (AvgIpc) is 2.16. The van der Waals surface area contributed by atoms with Gasteiger partial charge in [-0.25, -0.2) is 0 Å². The summed E-state index contributed by atoms with van der Waals surface area (Å²) in [5.41, 5.74) is 1.50. The predicted molar refractivity (Wildman–Crippen MR) is 64.3 cm³/mol. The van der Waals surface area contributed by atoms with E-state index in [1.54, 1.807) is 0 Å². The Morgan fingerprint density at radius 2 is 2.00 bits per heavy atom. The van der Waals surface area contributed by atoms with Gasteiger partial charge in [-0.05, 0) is 42.9 Å². The van der Waals surface area contributed by atoms with E-state index >= 15 is 0 Å². The quantitative estimate of drug-likeness (QED) is 0.573. The second kappa shape index (κ2) is 5.00. The van der Waals surface area contributed by atoms with Gasteiger partial charge in [0.2, 0.25) is 0 Å². The summed E-state index contributed by atoms with van der Waals surface area (Å²) in [6, 6.07) is 0. The molecule has 0 aromatic rings. The van der Waals surface area contributed by atoms with Crippen molar-refractivity contribution in [2.24, 2.45) is 23.7 Å². The molecule has 0 heteroatoms. The molecule has 0 nitrogen and oxygen atoms in total. The Hall–Kier alpha value is -0.260. The average molecular weight is 194 g/mol. The maximum absolute atomic E-state index is 4.26. The van der Waals surface area contributed by atoms with Crippen LogP contribution in [0.1, 0.15) is 53.4 Å². The first-order valence-electron chi connectivity index (χ1n) is 6.23. The number of hydrogen-bond donors (Lipinski definition) is 0. The first-order chi connectivity index (χ1) is 6.56. The van der Waals surface area contributed by atoms with Gasteiger partial charge < -0.3 is 0 Å². The fourth-order valence-corrected chi connectivity index (χ4v) is 2.93. The van der Waals surface area contributed by atoms with E-state index in [9.17, 15) is 0 Å². The zero-order valence-corrected chi connectivity index (χ0v) is 10.3. The molecule has 0 radical (unpaired) electrons. The molecule has 14 heavy (non-hydrogen) atoms. The maximum atomic E-state index is 4.26. The highest BCUT2D eigenvalue weighted by atomic mass is 14.4. The number of hydrogen-bond acceptors (Lipinski definition) is 0. The van der Waals surface area contributed by atoms with Crippen LogP contribution in [0.4, 0.5) is 0 Å². The third kappa shape index (κ3) is 2.62. The predicted octanol–water partition coefficient (Wildman–Crippen LogP) is 4.66. The molecule has 0 N–H and O–H groups in total. The van der Waals surface area contributed by atoms with Crippen LogP contribution >= 0.6 is 0 Å². The number of allylic oxidation sites excluding steroid dienone is 1. The van der Waals surface area contributed by atoms with Gasteiger partial charge in [-0.2, -0.15) is 0 Å². The molecule has 0 heterocycles. The van der Waals surface area contributed by atoms with Crippen LogP contribution in [0.5, 0.6) is 0 Å². The molecule has 1 aliphatic rings. The van der Waals surface area contributed by atoms with E-state index in [2.05, 4.69) is 34.3 Å². The van der Waals surface area contributed by atoms with Crippen molar-refractivity contribution in [3.05, 3.63) is 12.2 Å². The monoisotopic (exact) mass is 194 g/mol. The molecule has 1 fully saturated rings. The second-order valence-electron chi connectivity index (χ2n) is 5.44. The van der Waals surface area contributed by atoms with Crippen molar-refractivity contribution in [3.63, 3.8) is 0 Å². The Morgan fingerprint density at radius 1 is 1.36 bits per heavy atom. The van der Waals surface area contributed by atoms with Crippen molar-refractivity contribution in [3.8, 4) is 0 Å².